The van der Waals surface area contributed by atoms with Gasteiger partial charge in [0.15, 0.2) is 17.7 Å². The van der Waals surface area contributed by atoms with Gasteiger partial charge in [0.1, 0.15) is 36.3 Å². The van der Waals surface area contributed by atoms with Crippen LogP contribution in [0, 0.1) is 5.41 Å². The molecule has 0 saturated carbocycles. The molecule has 28 heteroatoms. The number of aliphatic hydroxyl groups excluding tert-OH is 2. The Kier molecular flexibility index (Phi) is 22.1. The maximum absolute atomic E-state index is 12.7. The van der Waals surface area contributed by atoms with Crippen LogP contribution in [0.2, 0.25) is 0 Å². The Balaban J connectivity index is 1.37. The van der Waals surface area contributed by atoms with Crippen LogP contribution in [0.25, 0.3) is 11.2 Å². The fraction of sp³-hybridized carbons (Fsp3) is 0.657. The molecule has 2 amide bonds. The number of nitrogen functional groups attached to an aromatic ring is 1. The van der Waals surface area contributed by atoms with Crippen LogP contribution in [-0.2, 0) is 50.7 Å². The highest BCUT2D eigenvalue weighted by molar-refractivity contribution is 8.14. The first kappa shape index (κ1) is 54.4. The number of imidazole rings is 1. The van der Waals surface area contributed by atoms with E-state index < -0.39 is 84.6 Å². The molecular formula is C35H58N7O17P3S. The van der Waals surface area contributed by atoms with Crippen molar-refractivity contribution in [1.29, 1.82) is 0 Å². The van der Waals surface area contributed by atoms with Gasteiger partial charge in [0.05, 0.1) is 19.5 Å². The number of amides is 2. The number of fused-ring (bicyclic) bond motifs is 1. The van der Waals surface area contributed by atoms with E-state index >= 15 is 0 Å². The van der Waals surface area contributed by atoms with E-state index in [0.717, 1.165) is 61.1 Å². The molecular weight excluding hydrogens is 915 g/mol. The molecule has 0 spiro atoms. The highest BCUT2D eigenvalue weighted by Gasteiger charge is 2.50. The number of nitrogens with zero attached hydrogens (tertiary/aromatic N) is 4. The van der Waals surface area contributed by atoms with Gasteiger partial charge in [0, 0.05) is 30.7 Å². The van der Waals surface area contributed by atoms with Crippen LogP contribution in [0.5, 0.6) is 0 Å². The molecule has 0 bridgehead atoms. The van der Waals surface area contributed by atoms with Crippen LogP contribution in [0.4, 0.5) is 5.82 Å². The SMILES string of the molecule is CCCCC/C=C\CCCC/C=C/C(=O)SCCNC(=O)CCNC(=O)[C@H](O)C(C)(C)COP(=O)(O)OP(=O)(O)OC[C@H]1O[C@@H](n2cnc3c(N)ncnc32)[C@H](O)[C@@H]1OP(=O)(O)O. The van der Waals surface area contributed by atoms with Crippen molar-refractivity contribution in [3.63, 3.8) is 0 Å². The molecule has 10 N–H and O–H groups in total. The van der Waals surface area contributed by atoms with Gasteiger partial charge in [-0.3, -0.25) is 32.5 Å². The second-order valence-corrected chi connectivity index (χ2v) is 20.2. The number of rotatable bonds is 29. The molecule has 24 nitrogen and oxygen atoms in total. The average Bonchev–Trinajstić information content (AvgIpc) is 3.76. The molecule has 1 aliphatic rings. The lowest BCUT2D eigenvalue weighted by molar-refractivity contribution is -0.137. The number of aliphatic hydroxyl groups is 2. The summed E-state index contributed by atoms with van der Waals surface area (Å²) in [5.74, 6) is -1.12. The summed E-state index contributed by atoms with van der Waals surface area (Å²) in [4.78, 5) is 88.0. The number of nitrogens with one attached hydrogen (secondary N) is 2. The molecule has 1 aliphatic heterocycles. The molecule has 63 heavy (non-hydrogen) atoms. The van der Waals surface area contributed by atoms with Crippen LogP contribution >= 0.6 is 35.2 Å². The number of nitrogens with two attached hydrogens (primary N) is 1. The first-order valence-corrected chi connectivity index (χ1v) is 25.4. The van der Waals surface area contributed by atoms with E-state index in [-0.39, 0.29) is 41.6 Å². The number of allylic oxidation sites excluding steroid dienone is 3. The average molecular weight is 974 g/mol. The standard InChI is InChI=1S/C35H58N7O17P3S/c1-4-5-6-7-8-9-10-11-12-13-14-15-26(44)63-19-18-37-25(43)16-17-38-33(47)30(46)35(2,3)21-56-62(53,54)59-61(51,52)55-20-24-29(58-60(48,49)50)28(45)34(57-24)42-23-41-27-31(36)39-22-40-32(27)42/h8-9,14-15,22-24,28-30,34,45-46H,4-7,10-13,16-21H2,1-3H3,(H,37,43)(H,38,47)(H,51,52)(H,53,54)(H2,36,39,40)(H2,48,49,50)/b9-8-,15-14+/t24-,28-,29-,30+,34-/m1/s1. The van der Waals surface area contributed by atoms with Gasteiger partial charge in [-0.25, -0.2) is 28.6 Å². The number of carbonyl (C=O) groups excluding carboxylic acids is 3. The first-order chi connectivity index (χ1) is 29.6. The van der Waals surface area contributed by atoms with Gasteiger partial charge in [0.2, 0.25) is 16.9 Å². The lowest BCUT2D eigenvalue weighted by atomic mass is 9.87. The van der Waals surface area contributed by atoms with Gasteiger partial charge in [-0.05, 0) is 44.6 Å². The smallest absolute Gasteiger partial charge is 0.386 e. The lowest BCUT2D eigenvalue weighted by Gasteiger charge is -2.30. The van der Waals surface area contributed by atoms with Gasteiger partial charge in [0.25, 0.3) is 0 Å². The third kappa shape index (κ3) is 19.2. The predicted molar refractivity (Wildman–Crippen MR) is 228 cm³/mol. The molecule has 2 aromatic rings. The summed E-state index contributed by atoms with van der Waals surface area (Å²) >= 11 is 1.05. The van der Waals surface area contributed by atoms with Crippen molar-refractivity contribution in [3.05, 3.63) is 37.0 Å². The van der Waals surface area contributed by atoms with E-state index in [1.165, 1.54) is 39.2 Å². The zero-order valence-corrected chi connectivity index (χ0v) is 38.5. The molecule has 1 fully saturated rings. The van der Waals surface area contributed by atoms with E-state index in [4.69, 9.17) is 19.5 Å². The van der Waals surface area contributed by atoms with Crippen LogP contribution in [0.15, 0.2) is 37.0 Å². The van der Waals surface area contributed by atoms with Crippen LogP contribution < -0.4 is 16.4 Å². The third-order valence-corrected chi connectivity index (χ3v) is 13.1. The van der Waals surface area contributed by atoms with E-state index in [9.17, 15) is 57.9 Å². The number of phosphoric acid groups is 3. The largest absolute Gasteiger partial charge is 0.481 e. The second-order valence-electron chi connectivity index (χ2n) is 14.9. The minimum absolute atomic E-state index is 0.0310. The number of carbonyl (C=O) groups is 3. The zero-order valence-electron chi connectivity index (χ0n) is 35.0. The van der Waals surface area contributed by atoms with Crippen molar-refractivity contribution in [1.82, 2.24) is 30.2 Å². The highest BCUT2D eigenvalue weighted by atomic mass is 32.2. The highest BCUT2D eigenvalue weighted by Crippen LogP contribution is 2.61. The van der Waals surface area contributed by atoms with E-state index in [1.54, 1.807) is 0 Å². The number of thioether (sulfide) groups is 1. The lowest BCUT2D eigenvalue weighted by Crippen LogP contribution is -2.46. The first-order valence-electron chi connectivity index (χ1n) is 19.9. The summed E-state index contributed by atoms with van der Waals surface area (Å²) in [7, 11) is -16.4. The fourth-order valence-electron chi connectivity index (χ4n) is 5.78. The number of ether oxygens (including phenoxy) is 1. The molecule has 2 aromatic heterocycles. The minimum atomic E-state index is -5.58. The Morgan fingerprint density at radius 2 is 1.62 bits per heavy atom. The molecule has 356 valence electrons. The van der Waals surface area contributed by atoms with Crippen molar-refractivity contribution in [2.75, 3.05) is 37.8 Å². The third-order valence-electron chi connectivity index (χ3n) is 9.13. The van der Waals surface area contributed by atoms with Crippen molar-refractivity contribution >= 4 is 69.1 Å². The Hall–Kier alpha value is -2.96. The summed E-state index contributed by atoms with van der Waals surface area (Å²) in [6.45, 7) is 2.68. The molecule has 3 heterocycles. The summed E-state index contributed by atoms with van der Waals surface area (Å²) in [5, 5.41) is 26.4. The van der Waals surface area contributed by atoms with Crippen LogP contribution in [0.1, 0.15) is 84.8 Å². The van der Waals surface area contributed by atoms with Crippen molar-refractivity contribution < 1.29 is 80.5 Å². The summed E-state index contributed by atoms with van der Waals surface area (Å²) < 4.78 is 62.3. The quantitative estimate of drug-likeness (QED) is 0.0245. The van der Waals surface area contributed by atoms with Gasteiger partial charge >= 0.3 is 23.5 Å². The van der Waals surface area contributed by atoms with Crippen molar-refractivity contribution in [2.45, 2.75) is 109 Å². The predicted octanol–water partition coefficient (Wildman–Crippen LogP) is 2.92. The number of phosphoric ester groups is 3. The maximum atomic E-state index is 12.7. The van der Waals surface area contributed by atoms with Crippen LogP contribution in [0.3, 0.4) is 0 Å². The Morgan fingerprint density at radius 1 is 0.968 bits per heavy atom. The Labute approximate surface area is 368 Å². The summed E-state index contributed by atoms with van der Waals surface area (Å²) in [6.07, 6.45) is 9.52. The van der Waals surface area contributed by atoms with E-state index in [0.29, 0.717) is 5.75 Å². The minimum Gasteiger partial charge on any atom is -0.386 e. The number of hydrogen-bond donors (Lipinski definition) is 9. The van der Waals surface area contributed by atoms with Gasteiger partial charge in [-0.1, -0.05) is 63.6 Å². The number of anilines is 1. The van der Waals surface area contributed by atoms with E-state index in [2.05, 4.69) is 53.5 Å². The Morgan fingerprint density at radius 3 is 2.29 bits per heavy atom. The van der Waals surface area contributed by atoms with Gasteiger partial charge in [-0.2, -0.15) is 4.31 Å². The normalized spacial score (nSPS) is 20.8. The number of unbranched alkanes of at least 4 members (excludes halogenated alkanes) is 6. The number of hydrogen-bond acceptors (Lipinski definition) is 18. The number of aromatic nitrogens is 4. The molecule has 1 saturated heterocycles. The van der Waals surface area contributed by atoms with Crippen molar-refractivity contribution in [2.24, 2.45) is 5.41 Å². The van der Waals surface area contributed by atoms with E-state index in [1.807, 2.05) is 6.08 Å². The second kappa shape index (κ2) is 25.7. The Bertz CT molecular complexity index is 2020. The molecule has 0 radical (unpaired) electrons. The summed E-state index contributed by atoms with van der Waals surface area (Å²) in [5.41, 5.74) is 4.27. The molecule has 3 rings (SSSR count). The van der Waals surface area contributed by atoms with Crippen molar-refractivity contribution in [3.8, 4) is 0 Å². The van der Waals surface area contributed by atoms with Gasteiger partial charge < -0.3 is 50.9 Å². The maximum Gasteiger partial charge on any atom is 0.481 e. The van der Waals surface area contributed by atoms with Crippen LogP contribution in [-0.4, -0.2) is 123 Å². The molecule has 7 atom stereocenters. The summed E-state index contributed by atoms with van der Waals surface area (Å²) in [6, 6.07) is 0. The monoisotopic (exact) mass is 973 g/mol. The topological polar surface area (TPSA) is 364 Å². The molecule has 0 aromatic carbocycles. The fourth-order valence-corrected chi connectivity index (χ4v) is 9.21. The molecule has 0 aliphatic carbocycles. The van der Waals surface area contributed by atoms with Gasteiger partial charge in [-0.15, -0.1) is 0 Å². The molecule has 2 unspecified atom stereocenters. The zero-order chi connectivity index (χ0) is 46.8.